The topological polar surface area (TPSA) is 121 Å². The van der Waals surface area contributed by atoms with Gasteiger partial charge in [0.25, 0.3) is 5.91 Å². The average Bonchev–Trinajstić information content (AvgIpc) is 3.16. The molecule has 1 atom stereocenters. The standard InChI is InChI=1S/C25H23F2N5O4/c1-14(26)13-32-20-7-6-16(35-2)12-19(20)30-25(32)31-22(33)11-15-5-8-21(18(27)10-15)36-24-17(23(28)34)4-3-9-29-24/h3-10,12,14H,11,13H2,1-2H3,(H2,28,34)(H,30,31,33). The van der Waals surface area contributed by atoms with Gasteiger partial charge in [-0.15, -0.1) is 0 Å². The number of nitrogens with two attached hydrogens (primary N) is 1. The van der Waals surface area contributed by atoms with Crippen LogP contribution in [-0.2, 0) is 17.8 Å². The number of hydrogen-bond donors (Lipinski definition) is 2. The number of benzene rings is 2. The van der Waals surface area contributed by atoms with E-state index in [0.29, 0.717) is 22.3 Å². The van der Waals surface area contributed by atoms with Gasteiger partial charge in [0, 0.05) is 12.3 Å². The highest BCUT2D eigenvalue weighted by Gasteiger charge is 2.18. The van der Waals surface area contributed by atoms with Crippen molar-refractivity contribution in [2.24, 2.45) is 5.73 Å². The number of nitrogens with one attached hydrogen (secondary N) is 1. The van der Waals surface area contributed by atoms with Gasteiger partial charge in [0.15, 0.2) is 11.6 Å². The smallest absolute Gasteiger partial charge is 0.254 e. The van der Waals surface area contributed by atoms with Crippen molar-refractivity contribution in [1.82, 2.24) is 14.5 Å². The lowest BCUT2D eigenvalue weighted by atomic mass is 10.1. The third-order valence-corrected chi connectivity index (χ3v) is 5.24. The summed E-state index contributed by atoms with van der Waals surface area (Å²) in [5.74, 6) is -1.57. The Morgan fingerprint density at radius 2 is 2.00 bits per heavy atom. The zero-order valence-corrected chi connectivity index (χ0v) is 19.5. The number of carbonyl (C=O) groups is 2. The molecule has 0 aliphatic heterocycles. The molecular weight excluding hydrogens is 472 g/mol. The summed E-state index contributed by atoms with van der Waals surface area (Å²) in [6.07, 6.45) is 0.0206. The van der Waals surface area contributed by atoms with E-state index in [2.05, 4.69) is 15.3 Å². The number of nitrogens with zero attached hydrogens (tertiary/aromatic N) is 3. The first-order chi connectivity index (χ1) is 17.2. The molecule has 0 aliphatic rings. The van der Waals surface area contributed by atoms with Gasteiger partial charge in [-0.1, -0.05) is 6.07 Å². The molecule has 2 heterocycles. The summed E-state index contributed by atoms with van der Waals surface area (Å²) < 4.78 is 40.7. The number of amides is 2. The monoisotopic (exact) mass is 495 g/mol. The second-order valence-corrected chi connectivity index (χ2v) is 7.99. The first-order valence-corrected chi connectivity index (χ1v) is 10.9. The lowest BCUT2D eigenvalue weighted by molar-refractivity contribution is -0.115. The van der Waals surface area contributed by atoms with Gasteiger partial charge in [0.05, 0.1) is 31.1 Å². The molecule has 0 spiro atoms. The van der Waals surface area contributed by atoms with E-state index in [0.717, 1.165) is 6.07 Å². The molecule has 0 radical (unpaired) electrons. The summed E-state index contributed by atoms with van der Waals surface area (Å²) in [6.45, 7) is 1.39. The van der Waals surface area contributed by atoms with Gasteiger partial charge in [0.2, 0.25) is 17.7 Å². The van der Waals surface area contributed by atoms with E-state index in [1.165, 1.54) is 44.5 Å². The molecule has 186 valence electrons. The van der Waals surface area contributed by atoms with E-state index in [9.17, 15) is 18.4 Å². The van der Waals surface area contributed by atoms with Crippen LogP contribution in [0.1, 0.15) is 22.8 Å². The lowest BCUT2D eigenvalue weighted by Crippen LogP contribution is -2.19. The Labute approximate surface area is 204 Å². The van der Waals surface area contributed by atoms with Crippen LogP contribution in [0.2, 0.25) is 0 Å². The fourth-order valence-corrected chi connectivity index (χ4v) is 3.62. The van der Waals surface area contributed by atoms with Crippen molar-refractivity contribution < 1.29 is 27.8 Å². The van der Waals surface area contributed by atoms with Gasteiger partial charge in [-0.25, -0.2) is 18.7 Å². The number of hydrogen-bond acceptors (Lipinski definition) is 6. The number of aromatic nitrogens is 3. The van der Waals surface area contributed by atoms with E-state index >= 15 is 0 Å². The fraction of sp³-hybridized carbons (Fsp3) is 0.200. The Morgan fingerprint density at radius 1 is 1.19 bits per heavy atom. The van der Waals surface area contributed by atoms with Gasteiger partial charge in [-0.2, -0.15) is 0 Å². The number of primary amides is 1. The van der Waals surface area contributed by atoms with Crippen LogP contribution in [0.3, 0.4) is 0 Å². The van der Waals surface area contributed by atoms with Crippen molar-refractivity contribution in [2.75, 3.05) is 12.4 Å². The van der Waals surface area contributed by atoms with Crippen LogP contribution >= 0.6 is 0 Å². The summed E-state index contributed by atoms with van der Waals surface area (Å²) in [7, 11) is 1.52. The number of methoxy groups -OCH3 is 1. The lowest BCUT2D eigenvalue weighted by Gasteiger charge is -2.12. The Kier molecular flexibility index (Phi) is 7.09. The molecule has 0 saturated heterocycles. The molecule has 36 heavy (non-hydrogen) atoms. The Morgan fingerprint density at radius 3 is 2.69 bits per heavy atom. The highest BCUT2D eigenvalue weighted by atomic mass is 19.1. The maximum atomic E-state index is 14.7. The number of carbonyl (C=O) groups excluding carboxylic acids is 2. The van der Waals surface area contributed by atoms with Crippen LogP contribution in [0.4, 0.5) is 14.7 Å². The summed E-state index contributed by atoms with van der Waals surface area (Å²) in [5.41, 5.74) is 6.82. The van der Waals surface area contributed by atoms with Gasteiger partial charge in [-0.05, 0) is 48.9 Å². The predicted octanol–water partition coefficient (Wildman–Crippen LogP) is 4.01. The van der Waals surface area contributed by atoms with Crippen LogP contribution in [-0.4, -0.2) is 39.6 Å². The minimum Gasteiger partial charge on any atom is -0.497 e. The van der Waals surface area contributed by atoms with Crippen LogP contribution < -0.4 is 20.5 Å². The minimum atomic E-state index is -1.18. The van der Waals surface area contributed by atoms with Gasteiger partial charge >= 0.3 is 0 Å². The normalized spacial score (nSPS) is 11.8. The van der Waals surface area contributed by atoms with Crippen molar-refractivity contribution in [1.29, 1.82) is 0 Å². The molecule has 4 aromatic rings. The number of rotatable bonds is 9. The third-order valence-electron chi connectivity index (χ3n) is 5.24. The van der Waals surface area contributed by atoms with Crippen LogP contribution in [0.15, 0.2) is 54.7 Å². The van der Waals surface area contributed by atoms with Crippen LogP contribution in [0.5, 0.6) is 17.4 Å². The zero-order chi connectivity index (χ0) is 25.8. The molecule has 0 bridgehead atoms. The maximum Gasteiger partial charge on any atom is 0.254 e. The van der Waals surface area contributed by atoms with Crippen molar-refractivity contribution >= 4 is 28.8 Å². The zero-order valence-electron chi connectivity index (χ0n) is 19.5. The van der Waals surface area contributed by atoms with Gasteiger partial charge in [0.1, 0.15) is 17.5 Å². The number of ether oxygens (including phenoxy) is 2. The van der Waals surface area contributed by atoms with Crippen molar-refractivity contribution in [3.8, 4) is 17.4 Å². The Bertz CT molecular complexity index is 1440. The van der Waals surface area contributed by atoms with E-state index < -0.39 is 23.8 Å². The number of alkyl halides is 1. The minimum absolute atomic E-state index is 0.00320. The molecule has 9 nitrogen and oxygen atoms in total. The molecule has 0 fully saturated rings. The van der Waals surface area contributed by atoms with Crippen LogP contribution in [0.25, 0.3) is 11.0 Å². The summed E-state index contributed by atoms with van der Waals surface area (Å²) in [6, 6.07) is 12.0. The number of fused-ring (bicyclic) bond motifs is 1. The molecule has 4 rings (SSSR count). The number of anilines is 1. The SMILES string of the molecule is COc1ccc2c(c1)nc(NC(=O)Cc1ccc(Oc3ncccc3C(N)=O)c(F)c1)n2CC(C)F. The van der Waals surface area contributed by atoms with E-state index in [1.807, 2.05) is 0 Å². The van der Waals surface area contributed by atoms with Gasteiger partial charge < -0.3 is 19.8 Å². The molecule has 1 unspecified atom stereocenters. The van der Waals surface area contributed by atoms with Crippen molar-refractivity contribution in [3.63, 3.8) is 0 Å². The predicted molar refractivity (Wildman–Crippen MR) is 128 cm³/mol. The van der Waals surface area contributed by atoms with Crippen molar-refractivity contribution in [2.45, 2.75) is 26.1 Å². The molecule has 2 aromatic heterocycles. The summed E-state index contributed by atoms with van der Waals surface area (Å²) in [4.78, 5) is 32.6. The average molecular weight is 495 g/mol. The summed E-state index contributed by atoms with van der Waals surface area (Å²) in [5, 5.41) is 2.68. The first kappa shape index (κ1) is 24.6. The number of imidazole rings is 1. The van der Waals surface area contributed by atoms with Crippen molar-refractivity contribution in [3.05, 3.63) is 71.7 Å². The maximum absolute atomic E-state index is 14.7. The number of pyridine rings is 1. The second-order valence-electron chi connectivity index (χ2n) is 7.99. The molecular formula is C25H23F2N5O4. The molecule has 0 saturated carbocycles. The molecule has 2 aromatic carbocycles. The molecule has 11 heteroatoms. The Balaban J connectivity index is 1.51. The van der Waals surface area contributed by atoms with E-state index in [-0.39, 0.29) is 36.1 Å². The third kappa shape index (κ3) is 5.40. The first-order valence-electron chi connectivity index (χ1n) is 10.9. The van der Waals surface area contributed by atoms with E-state index in [4.69, 9.17) is 15.2 Å². The molecule has 3 N–H and O–H groups in total. The molecule has 2 amide bonds. The Hall–Kier alpha value is -4.54. The van der Waals surface area contributed by atoms with E-state index in [1.54, 1.807) is 22.8 Å². The largest absolute Gasteiger partial charge is 0.497 e. The molecule has 0 aliphatic carbocycles. The number of halogens is 2. The summed E-state index contributed by atoms with van der Waals surface area (Å²) >= 11 is 0. The highest BCUT2D eigenvalue weighted by Crippen LogP contribution is 2.27. The van der Waals surface area contributed by atoms with Crippen LogP contribution in [0, 0.1) is 5.82 Å². The van der Waals surface area contributed by atoms with Gasteiger partial charge in [-0.3, -0.25) is 14.9 Å². The highest BCUT2D eigenvalue weighted by molar-refractivity contribution is 5.95. The fourth-order valence-electron chi connectivity index (χ4n) is 3.62. The quantitative estimate of drug-likeness (QED) is 0.362. The second kappa shape index (κ2) is 10.4.